The molecule has 0 atom stereocenters. The predicted molar refractivity (Wildman–Crippen MR) is 96.2 cm³/mol. The maximum atomic E-state index is 12.6. The third-order valence-corrected chi connectivity index (χ3v) is 6.06. The Kier molecular flexibility index (Phi) is 6.47. The Balaban J connectivity index is 2.17. The number of sulfonamides is 1. The van der Waals surface area contributed by atoms with E-state index in [0.29, 0.717) is 17.7 Å². The minimum Gasteiger partial charge on any atom is -0.207 e. The fraction of sp³-hybridized carbons (Fsp3) is 0.368. The number of unbranched alkanes of at least 4 members (excludes halogenated alkanes) is 2. The molecule has 0 radical (unpaired) electrons. The topological polar surface area (TPSA) is 37.4 Å². The van der Waals surface area contributed by atoms with Crippen molar-refractivity contribution < 1.29 is 21.6 Å². The zero-order chi connectivity index (χ0) is 19.4. The Bertz CT molecular complexity index is 813. The van der Waals surface area contributed by atoms with E-state index < -0.39 is 21.8 Å². The first-order chi connectivity index (χ1) is 12.2. The van der Waals surface area contributed by atoms with Gasteiger partial charge in [-0.25, -0.2) is 12.7 Å². The van der Waals surface area contributed by atoms with Gasteiger partial charge >= 0.3 is 6.18 Å². The van der Waals surface area contributed by atoms with Gasteiger partial charge < -0.3 is 0 Å². The predicted octanol–water partition coefficient (Wildman–Crippen LogP) is 5.18. The molecule has 26 heavy (non-hydrogen) atoms. The van der Waals surface area contributed by atoms with Crippen LogP contribution in [-0.2, 0) is 16.2 Å². The highest BCUT2D eigenvalue weighted by atomic mass is 32.2. The maximum Gasteiger partial charge on any atom is 0.416 e. The summed E-state index contributed by atoms with van der Waals surface area (Å²) >= 11 is 0. The number of hydrogen-bond donors (Lipinski definition) is 0. The zero-order valence-corrected chi connectivity index (χ0v) is 15.6. The maximum absolute atomic E-state index is 12.6. The Labute approximate surface area is 152 Å². The summed E-state index contributed by atoms with van der Waals surface area (Å²) in [6.07, 6.45) is -1.60. The van der Waals surface area contributed by atoms with E-state index in [1.165, 1.54) is 28.6 Å². The van der Waals surface area contributed by atoms with Crippen molar-refractivity contribution in [2.75, 3.05) is 13.6 Å². The van der Waals surface area contributed by atoms with Crippen molar-refractivity contribution in [3.05, 3.63) is 54.1 Å². The second-order valence-electron chi connectivity index (χ2n) is 6.13. The quantitative estimate of drug-likeness (QED) is 0.616. The van der Waals surface area contributed by atoms with Crippen LogP contribution in [0.2, 0.25) is 0 Å². The molecule has 3 nitrogen and oxygen atoms in total. The molecule has 0 bridgehead atoms. The number of halogens is 3. The molecule has 0 fully saturated rings. The van der Waals surface area contributed by atoms with Crippen molar-refractivity contribution in [2.45, 2.75) is 37.3 Å². The van der Waals surface area contributed by atoms with Crippen LogP contribution in [-0.4, -0.2) is 26.3 Å². The Hall–Kier alpha value is -1.86. The Morgan fingerprint density at radius 3 is 1.85 bits per heavy atom. The highest BCUT2D eigenvalue weighted by Crippen LogP contribution is 2.31. The number of nitrogens with zero attached hydrogens (tertiary/aromatic N) is 1. The van der Waals surface area contributed by atoms with E-state index >= 15 is 0 Å². The number of alkyl halides is 3. The summed E-state index contributed by atoms with van der Waals surface area (Å²) in [6.45, 7) is 2.51. The van der Waals surface area contributed by atoms with Gasteiger partial charge in [-0.05, 0) is 41.8 Å². The molecule has 0 amide bonds. The van der Waals surface area contributed by atoms with Gasteiger partial charge in [-0.15, -0.1) is 0 Å². The van der Waals surface area contributed by atoms with Crippen LogP contribution in [0.4, 0.5) is 13.2 Å². The van der Waals surface area contributed by atoms with Crippen LogP contribution >= 0.6 is 0 Å². The minimum atomic E-state index is -4.38. The molecular weight excluding hydrogens is 363 g/mol. The molecule has 7 heteroatoms. The van der Waals surface area contributed by atoms with Gasteiger partial charge in [-0.2, -0.15) is 13.2 Å². The van der Waals surface area contributed by atoms with Crippen LogP contribution in [0, 0.1) is 0 Å². The second kappa shape index (κ2) is 8.22. The molecule has 2 aromatic carbocycles. The molecule has 0 saturated heterocycles. The minimum absolute atomic E-state index is 0.173. The summed E-state index contributed by atoms with van der Waals surface area (Å²) in [4.78, 5) is 0.173. The lowest BCUT2D eigenvalue weighted by Gasteiger charge is -2.17. The Morgan fingerprint density at radius 2 is 1.38 bits per heavy atom. The lowest BCUT2D eigenvalue weighted by molar-refractivity contribution is -0.137. The standard InChI is InChI=1S/C19H22F3NO2S/c1-3-4-5-14-23(2)26(24,25)18-12-8-16(9-13-18)15-6-10-17(11-7-15)19(20,21)22/h6-13H,3-5,14H2,1-2H3. The average Bonchev–Trinajstić information content (AvgIpc) is 2.61. The fourth-order valence-corrected chi connectivity index (χ4v) is 3.76. The van der Waals surface area contributed by atoms with E-state index in [1.807, 2.05) is 0 Å². The van der Waals surface area contributed by atoms with E-state index in [-0.39, 0.29) is 4.90 Å². The molecule has 0 saturated carbocycles. The van der Waals surface area contributed by atoms with Crippen LogP contribution in [0.1, 0.15) is 31.7 Å². The fourth-order valence-electron chi connectivity index (χ4n) is 2.56. The molecule has 2 aromatic rings. The first-order valence-corrected chi connectivity index (χ1v) is 9.84. The van der Waals surface area contributed by atoms with Gasteiger partial charge in [0.25, 0.3) is 0 Å². The van der Waals surface area contributed by atoms with Crippen molar-refractivity contribution in [1.82, 2.24) is 4.31 Å². The molecule has 0 N–H and O–H groups in total. The monoisotopic (exact) mass is 385 g/mol. The van der Waals surface area contributed by atoms with Crippen LogP contribution in [0.25, 0.3) is 11.1 Å². The van der Waals surface area contributed by atoms with Crippen molar-refractivity contribution >= 4 is 10.0 Å². The molecular formula is C19H22F3NO2S. The molecule has 142 valence electrons. The SMILES string of the molecule is CCCCCN(C)S(=O)(=O)c1ccc(-c2ccc(C(F)(F)F)cc2)cc1. The number of rotatable bonds is 7. The summed E-state index contributed by atoms with van der Waals surface area (Å²) in [6, 6.07) is 11.0. The lowest BCUT2D eigenvalue weighted by atomic mass is 10.0. The molecule has 0 heterocycles. The lowest BCUT2D eigenvalue weighted by Crippen LogP contribution is -2.27. The van der Waals surface area contributed by atoms with Crippen molar-refractivity contribution in [3.8, 4) is 11.1 Å². The van der Waals surface area contributed by atoms with Gasteiger partial charge in [0.1, 0.15) is 0 Å². The molecule has 2 rings (SSSR count). The van der Waals surface area contributed by atoms with Crippen molar-refractivity contribution in [1.29, 1.82) is 0 Å². The van der Waals surface area contributed by atoms with Crippen LogP contribution in [0.3, 0.4) is 0 Å². The van der Waals surface area contributed by atoms with Gasteiger partial charge in [0, 0.05) is 13.6 Å². The highest BCUT2D eigenvalue weighted by Gasteiger charge is 2.30. The van der Waals surface area contributed by atoms with Crippen LogP contribution in [0.15, 0.2) is 53.4 Å². The van der Waals surface area contributed by atoms with Gasteiger partial charge in [0.15, 0.2) is 0 Å². The van der Waals surface area contributed by atoms with E-state index in [0.717, 1.165) is 31.4 Å². The van der Waals surface area contributed by atoms with Gasteiger partial charge in [-0.3, -0.25) is 0 Å². The largest absolute Gasteiger partial charge is 0.416 e. The molecule has 0 unspecified atom stereocenters. The molecule has 0 aliphatic rings. The third-order valence-electron chi connectivity index (χ3n) is 4.18. The highest BCUT2D eigenvalue weighted by molar-refractivity contribution is 7.89. The molecule has 0 aliphatic carbocycles. The third kappa shape index (κ3) is 4.86. The van der Waals surface area contributed by atoms with E-state index in [1.54, 1.807) is 19.2 Å². The molecule has 0 aliphatic heterocycles. The molecule has 0 aromatic heterocycles. The number of benzene rings is 2. The summed E-state index contributed by atoms with van der Waals surface area (Å²) in [5, 5.41) is 0. The summed E-state index contributed by atoms with van der Waals surface area (Å²) in [5.74, 6) is 0. The number of hydrogen-bond acceptors (Lipinski definition) is 2. The smallest absolute Gasteiger partial charge is 0.207 e. The Morgan fingerprint density at radius 1 is 0.885 bits per heavy atom. The van der Waals surface area contributed by atoms with Crippen molar-refractivity contribution in [3.63, 3.8) is 0 Å². The molecule has 0 spiro atoms. The van der Waals surface area contributed by atoms with Crippen molar-refractivity contribution in [2.24, 2.45) is 0 Å². The van der Waals surface area contributed by atoms with Crippen LogP contribution < -0.4 is 0 Å². The van der Waals surface area contributed by atoms with Crippen LogP contribution in [0.5, 0.6) is 0 Å². The summed E-state index contributed by atoms with van der Waals surface area (Å²) in [7, 11) is -2.01. The van der Waals surface area contributed by atoms with E-state index in [2.05, 4.69) is 6.92 Å². The zero-order valence-electron chi connectivity index (χ0n) is 14.8. The average molecular weight is 385 g/mol. The normalized spacial score (nSPS) is 12.5. The van der Waals surface area contributed by atoms with E-state index in [4.69, 9.17) is 0 Å². The first-order valence-electron chi connectivity index (χ1n) is 8.40. The van der Waals surface area contributed by atoms with Gasteiger partial charge in [0.2, 0.25) is 10.0 Å². The van der Waals surface area contributed by atoms with Gasteiger partial charge in [0.05, 0.1) is 10.5 Å². The first kappa shape index (κ1) is 20.5. The second-order valence-corrected chi connectivity index (χ2v) is 8.18. The summed E-state index contributed by atoms with van der Waals surface area (Å²) < 4.78 is 64.3. The van der Waals surface area contributed by atoms with E-state index in [9.17, 15) is 21.6 Å². The van der Waals surface area contributed by atoms with Gasteiger partial charge in [-0.1, -0.05) is 44.0 Å². The summed E-state index contributed by atoms with van der Waals surface area (Å²) in [5.41, 5.74) is 0.540.